The molecule has 0 aromatic heterocycles. The van der Waals surface area contributed by atoms with E-state index in [2.05, 4.69) is 31.2 Å². The third-order valence-corrected chi connectivity index (χ3v) is 4.56. The number of aryl methyl sites for hydroxylation is 1. The van der Waals surface area contributed by atoms with Crippen LogP contribution >= 0.6 is 11.8 Å². The second-order valence-corrected chi connectivity index (χ2v) is 6.54. The minimum atomic E-state index is 0.0110. The predicted molar refractivity (Wildman–Crippen MR) is 96.0 cm³/mol. The lowest BCUT2D eigenvalue weighted by atomic mass is 10.0. The van der Waals surface area contributed by atoms with Crippen LogP contribution in [-0.4, -0.2) is 5.78 Å². The summed E-state index contributed by atoms with van der Waals surface area (Å²) in [5, 5.41) is 0. The normalized spacial score (nSPS) is 10.5. The Morgan fingerprint density at radius 3 is 1.70 bits per heavy atom. The van der Waals surface area contributed by atoms with Gasteiger partial charge in [-0.25, -0.2) is 0 Å². The summed E-state index contributed by atoms with van der Waals surface area (Å²) in [6.07, 6.45) is 0. The van der Waals surface area contributed by atoms with Gasteiger partial charge in [0.1, 0.15) is 0 Å². The van der Waals surface area contributed by atoms with Crippen molar-refractivity contribution in [2.45, 2.75) is 16.7 Å². The molecule has 0 aliphatic carbocycles. The van der Waals surface area contributed by atoms with E-state index < -0.39 is 0 Å². The summed E-state index contributed by atoms with van der Waals surface area (Å²) in [4.78, 5) is 14.7. The van der Waals surface area contributed by atoms with Crippen LogP contribution in [0.2, 0.25) is 0 Å². The topological polar surface area (TPSA) is 43.1 Å². The van der Waals surface area contributed by atoms with Gasteiger partial charge < -0.3 is 5.73 Å². The Balaban J connectivity index is 1.75. The molecule has 0 spiro atoms. The first-order valence-corrected chi connectivity index (χ1v) is 8.18. The Morgan fingerprint density at radius 2 is 1.17 bits per heavy atom. The molecule has 0 saturated carbocycles. The summed E-state index contributed by atoms with van der Waals surface area (Å²) in [6, 6.07) is 23.1. The fourth-order valence-electron chi connectivity index (χ4n) is 2.22. The molecule has 0 bridgehead atoms. The molecule has 0 unspecified atom stereocenters. The molecule has 3 rings (SSSR count). The number of ketones is 1. The van der Waals surface area contributed by atoms with Crippen molar-refractivity contribution in [1.82, 2.24) is 0 Å². The first-order chi connectivity index (χ1) is 11.1. The lowest BCUT2D eigenvalue weighted by Gasteiger charge is -2.05. The van der Waals surface area contributed by atoms with Gasteiger partial charge in [0.05, 0.1) is 0 Å². The first kappa shape index (κ1) is 15.4. The maximum absolute atomic E-state index is 12.4. The van der Waals surface area contributed by atoms with Crippen LogP contribution in [0, 0.1) is 6.92 Å². The second-order valence-electron chi connectivity index (χ2n) is 5.39. The number of benzene rings is 3. The molecular weight excluding hydrogens is 302 g/mol. The molecule has 0 fully saturated rings. The van der Waals surface area contributed by atoms with Crippen LogP contribution in [0.15, 0.2) is 82.6 Å². The molecule has 0 amide bonds. The van der Waals surface area contributed by atoms with E-state index in [-0.39, 0.29) is 5.78 Å². The fraction of sp³-hybridized carbons (Fsp3) is 0.0500. The van der Waals surface area contributed by atoms with Gasteiger partial charge in [0, 0.05) is 26.6 Å². The molecule has 0 aliphatic rings. The van der Waals surface area contributed by atoms with Gasteiger partial charge in [-0.1, -0.05) is 29.5 Å². The highest BCUT2D eigenvalue weighted by atomic mass is 32.2. The lowest BCUT2D eigenvalue weighted by molar-refractivity contribution is 0.103. The van der Waals surface area contributed by atoms with Crippen LogP contribution in [-0.2, 0) is 0 Å². The second kappa shape index (κ2) is 6.71. The average molecular weight is 319 g/mol. The molecule has 114 valence electrons. The van der Waals surface area contributed by atoms with Crippen molar-refractivity contribution in [3.05, 3.63) is 89.5 Å². The molecule has 0 atom stereocenters. The number of carbonyl (C=O) groups is 1. The minimum absolute atomic E-state index is 0.0110. The number of nitrogen functional groups attached to an aromatic ring is 1. The number of rotatable bonds is 4. The van der Waals surface area contributed by atoms with E-state index in [1.165, 1.54) is 10.5 Å². The molecule has 3 heteroatoms. The van der Waals surface area contributed by atoms with Gasteiger partial charge in [0.25, 0.3) is 0 Å². The summed E-state index contributed by atoms with van der Waals surface area (Å²) in [7, 11) is 0. The quantitative estimate of drug-likeness (QED) is 0.546. The maximum atomic E-state index is 12.4. The Hall–Kier alpha value is -2.52. The van der Waals surface area contributed by atoms with Crippen LogP contribution in [0.1, 0.15) is 21.5 Å². The summed E-state index contributed by atoms with van der Waals surface area (Å²) in [5.74, 6) is 0.0110. The van der Waals surface area contributed by atoms with Gasteiger partial charge in [-0.05, 0) is 67.6 Å². The van der Waals surface area contributed by atoms with Crippen molar-refractivity contribution in [2.75, 3.05) is 5.73 Å². The Kier molecular flexibility index (Phi) is 4.49. The molecule has 0 heterocycles. The zero-order valence-corrected chi connectivity index (χ0v) is 13.6. The highest BCUT2D eigenvalue weighted by molar-refractivity contribution is 7.99. The van der Waals surface area contributed by atoms with Crippen molar-refractivity contribution < 1.29 is 4.79 Å². The molecule has 0 saturated heterocycles. The summed E-state index contributed by atoms with van der Waals surface area (Å²) >= 11 is 1.69. The van der Waals surface area contributed by atoms with E-state index in [4.69, 9.17) is 5.73 Å². The van der Waals surface area contributed by atoms with Gasteiger partial charge >= 0.3 is 0 Å². The van der Waals surface area contributed by atoms with Crippen LogP contribution < -0.4 is 5.73 Å². The van der Waals surface area contributed by atoms with E-state index in [1.54, 1.807) is 36.0 Å². The third kappa shape index (κ3) is 3.82. The number of nitrogens with two attached hydrogens (primary N) is 1. The highest BCUT2D eigenvalue weighted by Gasteiger charge is 2.09. The standard InChI is InChI=1S/C20H17NOS/c1-14-2-10-18(11-3-14)23-19-12-6-16(7-13-19)20(22)15-4-8-17(21)9-5-15/h2-13H,21H2,1H3. The summed E-state index contributed by atoms with van der Waals surface area (Å²) in [6.45, 7) is 2.08. The van der Waals surface area contributed by atoms with E-state index in [9.17, 15) is 4.79 Å². The van der Waals surface area contributed by atoms with Crippen molar-refractivity contribution in [3.8, 4) is 0 Å². The highest BCUT2D eigenvalue weighted by Crippen LogP contribution is 2.28. The molecular formula is C20H17NOS. The molecule has 2 nitrogen and oxygen atoms in total. The van der Waals surface area contributed by atoms with Crippen LogP contribution in [0.3, 0.4) is 0 Å². The lowest BCUT2D eigenvalue weighted by Crippen LogP contribution is -2.01. The van der Waals surface area contributed by atoms with Gasteiger partial charge in [0.2, 0.25) is 0 Å². The molecule has 0 radical (unpaired) electrons. The summed E-state index contributed by atoms with van der Waals surface area (Å²) < 4.78 is 0. The Labute approximate surface area is 140 Å². The van der Waals surface area contributed by atoms with E-state index in [0.29, 0.717) is 16.8 Å². The van der Waals surface area contributed by atoms with Crippen LogP contribution in [0.25, 0.3) is 0 Å². The van der Waals surface area contributed by atoms with Gasteiger partial charge in [-0.3, -0.25) is 4.79 Å². The Bertz CT molecular complexity index is 806. The fourth-order valence-corrected chi connectivity index (χ4v) is 3.03. The number of anilines is 1. The SMILES string of the molecule is Cc1ccc(Sc2ccc(C(=O)c3ccc(N)cc3)cc2)cc1. The number of carbonyl (C=O) groups excluding carboxylic acids is 1. The summed E-state index contributed by atoms with van der Waals surface area (Å²) in [5.41, 5.74) is 8.90. The zero-order valence-electron chi connectivity index (χ0n) is 12.8. The minimum Gasteiger partial charge on any atom is -0.399 e. The molecule has 3 aromatic carbocycles. The predicted octanol–water partition coefficient (Wildman–Crippen LogP) is 4.96. The van der Waals surface area contributed by atoms with Crippen molar-refractivity contribution in [2.24, 2.45) is 0 Å². The monoisotopic (exact) mass is 319 g/mol. The van der Waals surface area contributed by atoms with Crippen molar-refractivity contribution >= 4 is 23.2 Å². The third-order valence-electron chi connectivity index (χ3n) is 3.55. The van der Waals surface area contributed by atoms with Gasteiger partial charge in [-0.15, -0.1) is 0 Å². The van der Waals surface area contributed by atoms with Crippen LogP contribution in [0.4, 0.5) is 5.69 Å². The molecule has 0 aliphatic heterocycles. The number of hydrogen-bond acceptors (Lipinski definition) is 3. The molecule has 2 N–H and O–H groups in total. The van der Waals surface area contributed by atoms with E-state index >= 15 is 0 Å². The van der Waals surface area contributed by atoms with E-state index in [0.717, 1.165) is 4.90 Å². The van der Waals surface area contributed by atoms with E-state index in [1.807, 2.05) is 24.3 Å². The first-order valence-electron chi connectivity index (χ1n) is 7.37. The zero-order chi connectivity index (χ0) is 16.2. The van der Waals surface area contributed by atoms with Gasteiger partial charge in [-0.2, -0.15) is 0 Å². The van der Waals surface area contributed by atoms with Gasteiger partial charge in [0.15, 0.2) is 5.78 Å². The molecule has 3 aromatic rings. The van der Waals surface area contributed by atoms with Crippen molar-refractivity contribution in [3.63, 3.8) is 0 Å². The average Bonchev–Trinajstić information content (AvgIpc) is 2.58. The largest absolute Gasteiger partial charge is 0.399 e. The molecule has 23 heavy (non-hydrogen) atoms. The van der Waals surface area contributed by atoms with Crippen LogP contribution in [0.5, 0.6) is 0 Å². The van der Waals surface area contributed by atoms with Crippen molar-refractivity contribution in [1.29, 1.82) is 0 Å². The smallest absolute Gasteiger partial charge is 0.193 e. The maximum Gasteiger partial charge on any atom is 0.193 e. The number of hydrogen-bond donors (Lipinski definition) is 1. The Morgan fingerprint density at radius 1 is 0.739 bits per heavy atom.